The molecule has 0 saturated carbocycles. The summed E-state index contributed by atoms with van der Waals surface area (Å²) in [5.74, 6) is 0. The molecule has 0 heterocycles. The molecule has 2 unspecified atom stereocenters. The summed E-state index contributed by atoms with van der Waals surface area (Å²) < 4.78 is 5.41. The van der Waals surface area contributed by atoms with E-state index < -0.39 is 36.6 Å². The summed E-state index contributed by atoms with van der Waals surface area (Å²) in [5, 5.41) is 39.9. The van der Waals surface area contributed by atoms with E-state index in [4.69, 9.17) is 4.74 Å². The minimum Gasteiger partial charge on any atom is -0.444 e. The van der Waals surface area contributed by atoms with E-state index in [1.807, 2.05) is 0 Å². The molecule has 0 bridgehead atoms. The Hall–Kier alpha value is -1.15. The van der Waals surface area contributed by atoms with Crippen LogP contribution in [0, 0.1) is 0 Å². The Bertz CT molecular complexity index is 460. The second-order valence-electron chi connectivity index (χ2n) is 8.22. The molecule has 7 nitrogen and oxygen atoms in total. The van der Waals surface area contributed by atoms with Crippen molar-refractivity contribution in [2.24, 2.45) is 0 Å². The molecule has 0 aliphatic carbocycles. The molecule has 0 aromatic heterocycles. The topological polar surface area (TPSA) is 110 Å². The highest BCUT2D eigenvalue weighted by atomic mass is 16.6. The molecule has 3 atom stereocenters. The third-order valence-corrected chi connectivity index (χ3v) is 4.49. The Kier molecular flexibility index (Phi) is 13.4. The minimum absolute atomic E-state index is 0.162. The number of rotatable bonds is 13. The summed E-state index contributed by atoms with van der Waals surface area (Å²) in [6.45, 7) is 8.89. The second kappa shape index (κ2) is 13.9. The summed E-state index contributed by atoms with van der Waals surface area (Å²) in [6, 6.07) is 0. The van der Waals surface area contributed by atoms with E-state index in [2.05, 4.69) is 6.92 Å². The molecule has 0 aliphatic heterocycles. The van der Waals surface area contributed by atoms with Crippen LogP contribution in [0.1, 0.15) is 73.1 Å². The van der Waals surface area contributed by atoms with E-state index in [1.165, 1.54) is 23.8 Å². The smallest absolute Gasteiger partial charge is 0.410 e. The molecule has 0 rings (SSSR count). The predicted octanol–water partition coefficient (Wildman–Crippen LogP) is 2.61. The first-order valence-electron chi connectivity index (χ1n) is 10.3. The number of allylic oxidation sites excluding steroid dienone is 1. The van der Waals surface area contributed by atoms with Gasteiger partial charge in [0.15, 0.2) is 0 Å². The normalized spacial score (nSPS) is 15.8. The maximum absolute atomic E-state index is 12.5. The van der Waals surface area contributed by atoms with Crippen molar-refractivity contribution in [1.82, 2.24) is 4.90 Å². The molecule has 0 aromatic rings. The number of hydrogen-bond donors (Lipinski definition) is 4. The molecule has 4 N–H and O–H groups in total. The average Bonchev–Trinajstić information content (AvgIpc) is 2.62. The standard InChI is InChI=1S/C21H41NO6/c1-6-8-9-10-11-12-13-22(20(27)28-21(3,4)5)14-17(24)19(26)18(25)16(7-2)15-23/h7,17-19,23-26H,6,8-15H2,1-5H3/b16-7-/t17?,18-,19?/m0/s1. The molecule has 0 fully saturated rings. The van der Waals surface area contributed by atoms with Crippen LogP contribution in [0.3, 0.4) is 0 Å². The monoisotopic (exact) mass is 403 g/mol. The Balaban J connectivity index is 4.91. The Morgan fingerprint density at radius 2 is 1.64 bits per heavy atom. The van der Waals surface area contributed by atoms with Gasteiger partial charge in [0.1, 0.15) is 23.9 Å². The number of ether oxygens (including phenoxy) is 1. The molecule has 0 saturated heterocycles. The van der Waals surface area contributed by atoms with Gasteiger partial charge in [-0.3, -0.25) is 0 Å². The molecule has 28 heavy (non-hydrogen) atoms. The van der Waals surface area contributed by atoms with Crippen LogP contribution >= 0.6 is 0 Å². The number of carbonyl (C=O) groups excluding carboxylic acids is 1. The summed E-state index contributed by atoms with van der Waals surface area (Å²) in [6.07, 6.45) is 2.97. The number of nitrogens with zero attached hydrogens (tertiary/aromatic N) is 1. The van der Waals surface area contributed by atoms with E-state index in [0.717, 1.165) is 25.7 Å². The first-order valence-corrected chi connectivity index (χ1v) is 10.3. The fourth-order valence-electron chi connectivity index (χ4n) is 2.79. The van der Waals surface area contributed by atoms with Crippen molar-refractivity contribution in [3.8, 4) is 0 Å². The number of amides is 1. The zero-order valence-electron chi connectivity index (χ0n) is 18.2. The van der Waals surface area contributed by atoms with Crippen LogP contribution < -0.4 is 0 Å². The third kappa shape index (κ3) is 11.0. The maximum Gasteiger partial charge on any atom is 0.410 e. The zero-order valence-corrected chi connectivity index (χ0v) is 18.2. The molecule has 0 radical (unpaired) electrons. The number of aliphatic hydroxyl groups is 4. The van der Waals surface area contributed by atoms with E-state index in [1.54, 1.807) is 27.7 Å². The van der Waals surface area contributed by atoms with Gasteiger partial charge in [-0.05, 0) is 39.7 Å². The van der Waals surface area contributed by atoms with Gasteiger partial charge in [-0.15, -0.1) is 0 Å². The maximum atomic E-state index is 12.5. The van der Waals surface area contributed by atoms with Gasteiger partial charge in [0.05, 0.1) is 13.2 Å². The summed E-state index contributed by atoms with van der Waals surface area (Å²) >= 11 is 0. The molecule has 0 aliphatic rings. The first kappa shape index (κ1) is 26.9. The highest BCUT2D eigenvalue weighted by Gasteiger charge is 2.31. The van der Waals surface area contributed by atoms with E-state index in [9.17, 15) is 25.2 Å². The van der Waals surface area contributed by atoms with Crippen LogP contribution in [0.15, 0.2) is 11.6 Å². The lowest BCUT2D eigenvalue weighted by Crippen LogP contribution is -2.48. The Morgan fingerprint density at radius 1 is 1.07 bits per heavy atom. The largest absolute Gasteiger partial charge is 0.444 e. The van der Waals surface area contributed by atoms with Crippen molar-refractivity contribution in [3.63, 3.8) is 0 Å². The quantitative estimate of drug-likeness (QED) is 0.278. The molecule has 166 valence electrons. The molecular formula is C21H41NO6. The van der Waals surface area contributed by atoms with Gasteiger partial charge in [-0.1, -0.05) is 45.1 Å². The van der Waals surface area contributed by atoms with E-state index in [0.29, 0.717) is 6.54 Å². The lowest BCUT2D eigenvalue weighted by molar-refractivity contribution is -0.0611. The number of carbonyl (C=O) groups is 1. The van der Waals surface area contributed by atoms with E-state index in [-0.39, 0.29) is 12.1 Å². The van der Waals surface area contributed by atoms with Gasteiger partial charge in [0, 0.05) is 6.54 Å². The van der Waals surface area contributed by atoms with Crippen LogP contribution in [0.2, 0.25) is 0 Å². The SMILES string of the molecule is C/C=C(/CO)[C@H](O)C(O)C(O)CN(CCCCCCCC)C(=O)OC(C)(C)C. The third-order valence-electron chi connectivity index (χ3n) is 4.49. The van der Waals surface area contributed by atoms with Gasteiger partial charge in [-0.2, -0.15) is 0 Å². The van der Waals surface area contributed by atoms with Crippen molar-refractivity contribution in [3.05, 3.63) is 11.6 Å². The predicted molar refractivity (Wildman–Crippen MR) is 110 cm³/mol. The Labute approximate surface area is 170 Å². The second-order valence-corrected chi connectivity index (χ2v) is 8.22. The van der Waals surface area contributed by atoms with E-state index >= 15 is 0 Å². The van der Waals surface area contributed by atoms with Gasteiger partial charge in [-0.25, -0.2) is 4.79 Å². The van der Waals surface area contributed by atoms with Crippen molar-refractivity contribution in [2.45, 2.75) is 97.1 Å². The fourth-order valence-corrected chi connectivity index (χ4v) is 2.79. The lowest BCUT2D eigenvalue weighted by Gasteiger charge is -2.31. The van der Waals surface area contributed by atoms with Gasteiger partial charge in [0.25, 0.3) is 0 Å². The first-order chi connectivity index (χ1) is 13.1. The van der Waals surface area contributed by atoms with Crippen LogP contribution in [-0.2, 0) is 4.74 Å². The molecule has 0 aromatic carbocycles. The van der Waals surface area contributed by atoms with Crippen molar-refractivity contribution >= 4 is 6.09 Å². The molecular weight excluding hydrogens is 362 g/mol. The van der Waals surface area contributed by atoms with Crippen molar-refractivity contribution in [1.29, 1.82) is 0 Å². The van der Waals surface area contributed by atoms with Crippen LogP contribution in [0.4, 0.5) is 4.79 Å². The zero-order chi connectivity index (χ0) is 21.7. The van der Waals surface area contributed by atoms with Gasteiger partial charge in [0.2, 0.25) is 0 Å². The molecule has 0 spiro atoms. The summed E-state index contributed by atoms with van der Waals surface area (Å²) in [4.78, 5) is 13.9. The average molecular weight is 404 g/mol. The number of hydrogen-bond acceptors (Lipinski definition) is 6. The Morgan fingerprint density at radius 3 is 2.14 bits per heavy atom. The van der Waals surface area contributed by atoms with Crippen molar-refractivity contribution < 1.29 is 30.0 Å². The number of aliphatic hydroxyl groups excluding tert-OH is 4. The summed E-state index contributed by atoms with van der Waals surface area (Å²) in [5.41, 5.74) is -0.458. The number of unbranched alkanes of at least 4 members (excludes halogenated alkanes) is 5. The summed E-state index contributed by atoms with van der Waals surface area (Å²) in [7, 11) is 0. The van der Waals surface area contributed by atoms with Crippen LogP contribution in [0.5, 0.6) is 0 Å². The van der Waals surface area contributed by atoms with Crippen LogP contribution in [-0.4, -0.2) is 75.0 Å². The highest BCUT2D eigenvalue weighted by molar-refractivity contribution is 5.68. The van der Waals surface area contributed by atoms with Crippen LogP contribution in [0.25, 0.3) is 0 Å². The van der Waals surface area contributed by atoms with Gasteiger partial charge < -0.3 is 30.1 Å². The van der Waals surface area contributed by atoms with Crippen molar-refractivity contribution in [2.75, 3.05) is 19.7 Å². The molecule has 1 amide bonds. The van der Waals surface area contributed by atoms with Gasteiger partial charge >= 0.3 is 6.09 Å². The highest BCUT2D eigenvalue weighted by Crippen LogP contribution is 2.15. The fraction of sp³-hybridized carbons (Fsp3) is 0.857. The molecule has 7 heteroatoms. The minimum atomic E-state index is -1.52. The lowest BCUT2D eigenvalue weighted by atomic mass is 10.00.